The van der Waals surface area contributed by atoms with Gasteiger partial charge >= 0.3 is 0 Å². The number of nitrogens with two attached hydrogens (primary N) is 1. The molecule has 0 bridgehead atoms. The molecule has 1 fully saturated rings. The van der Waals surface area contributed by atoms with Crippen LogP contribution >= 0.6 is 0 Å². The quantitative estimate of drug-likeness (QED) is 0.839. The van der Waals surface area contributed by atoms with Gasteiger partial charge in [0.25, 0.3) is 0 Å². The van der Waals surface area contributed by atoms with E-state index in [2.05, 4.69) is 28.2 Å². The van der Waals surface area contributed by atoms with Gasteiger partial charge in [-0.25, -0.2) is 4.98 Å². The molecule has 4 heteroatoms. The Morgan fingerprint density at radius 2 is 2.29 bits per heavy atom. The van der Waals surface area contributed by atoms with E-state index in [-0.39, 0.29) is 5.41 Å². The minimum Gasteiger partial charge on any atom is -0.379 e. The molecule has 3 rings (SSSR count). The lowest BCUT2D eigenvalue weighted by Crippen LogP contribution is -2.47. The fourth-order valence-electron chi connectivity index (χ4n) is 2.51. The summed E-state index contributed by atoms with van der Waals surface area (Å²) >= 11 is 0. The van der Waals surface area contributed by atoms with Crippen LogP contribution in [0.3, 0.4) is 0 Å². The lowest BCUT2D eigenvalue weighted by Gasteiger charge is -2.42. The molecule has 0 aliphatic carbocycles. The van der Waals surface area contributed by atoms with Crippen molar-refractivity contribution in [1.29, 1.82) is 0 Å². The van der Waals surface area contributed by atoms with E-state index < -0.39 is 0 Å². The number of hydrogen-bond acceptors (Lipinski definition) is 3. The van der Waals surface area contributed by atoms with Crippen molar-refractivity contribution in [3.8, 4) is 0 Å². The van der Waals surface area contributed by atoms with Gasteiger partial charge in [0.15, 0.2) is 0 Å². The van der Waals surface area contributed by atoms with Crippen molar-refractivity contribution in [2.45, 2.75) is 18.3 Å². The molecule has 3 N–H and O–H groups in total. The lowest BCUT2D eigenvalue weighted by molar-refractivity contribution is -0.0648. The Balaban J connectivity index is 1.94. The summed E-state index contributed by atoms with van der Waals surface area (Å²) in [5.41, 5.74) is 9.25. The molecule has 0 saturated carbocycles. The molecule has 17 heavy (non-hydrogen) atoms. The van der Waals surface area contributed by atoms with Gasteiger partial charge in [0.1, 0.15) is 0 Å². The van der Waals surface area contributed by atoms with Gasteiger partial charge in [0, 0.05) is 5.41 Å². The number of aromatic nitrogens is 2. The van der Waals surface area contributed by atoms with Gasteiger partial charge in [-0.05, 0) is 37.1 Å². The summed E-state index contributed by atoms with van der Waals surface area (Å²) in [6.45, 7) is 2.37. The van der Waals surface area contributed by atoms with Crippen molar-refractivity contribution in [2.75, 3.05) is 19.8 Å². The average molecular weight is 231 g/mol. The molecule has 1 aliphatic rings. The maximum Gasteiger partial charge on any atom is 0.0931 e. The van der Waals surface area contributed by atoms with Crippen LogP contribution in [0.15, 0.2) is 24.5 Å². The van der Waals surface area contributed by atoms with E-state index in [1.165, 1.54) is 5.56 Å². The van der Waals surface area contributed by atoms with E-state index >= 15 is 0 Å². The monoisotopic (exact) mass is 231 g/mol. The van der Waals surface area contributed by atoms with Gasteiger partial charge in [-0.2, -0.15) is 0 Å². The normalized spacial score (nSPS) is 18.2. The molecule has 1 saturated heterocycles. The van der Waals surface area contributed by atoms with E-state index in [0.29, 0.717) is 0 Å². The van der Waals surface area contributed by atoms with Crippen LogP contribution in [0.25, 0.3) is 11.0 Å². The number of hydrogen-bond donors (Lipinski definition) is 2. The zero-order valence-electron chi connectivity index (χ0n) is 9.78. The maximum absolute atomic E-state index is 5.61. The van der Waals surface area contributed by atoms with Gasteiger partial charge < -0.3 is 15.5 Å². The smallest absolute Gasteiger partial charge is 0.0931 e. The lowest BCUT2D eigenvalue weighted by atomic mass is 9.75. The molecular formula is C13H17N3O. The van der Waals surface area contributed by atoms with E-state index in [4.69, 9.17) is 10.5 Å². The molecule has 1 aromatic carbocycles. The second-order valence-electron chi connectivity index (χ2n) is 4.80. The molecular weight excluding hydrogens is 214 g/mol. The molecule has 1 aromatic heterocycles. The molecule has 0 spiro atoms. The summed E-state index contributed by atoms with van der Waals surface area (Å²) in [5.74, 6) is 0. The Morgan fingerprint density at radius 3 is 3.00 bits per heavy atom. The predicted molar refractivity (Wildman–Crippen MR) is 66.9 cm³/mol. The number of nitrogens with one attached hydrogen (secondary N) is 1. The molecule has 0 radical (unpaired) electrons. The minimum atomic E-state index is 0.179. The van der Waals surface area contributed by atoms with Gasteiger partial charge in [0.05, 0.1) is 30.6 Å². The fraction of sp³-hybridized carbons (Fsp3) is 0.462. The Bertz CT molecular complexity index is 516. The van der Waals surface area contributed by atoms with Crippen molar-refractivity contribution in [3.05, 3.63) is 30.1 Å². The number of aromatic amines is 1. The molecule has 4 nitrogen and oxygen atoms in total. The average Bonchev–Trinajstić information content (AvgIpc) is 2.75. The van der Waals surface area contributed by atoms with Crippen LogP contribution in [0.5, 0.6) is 0 Å². The summed E-state index contributed by atoms with van der Waals surface area (Å²) < 4.78 is 5.42. The van der Waals surface area contributed by atoms with Crippen molar-refractivity contribution in [1.82, 2.24) is 9.97 Å². The summed E-state index contributed by atoms with van der Waals surface area (Å²) in [5, 5.41) is 0. The second kappa shape index (κ2) is 4.13. The third-order valence-corrected chi connectivity index (χ3v) is 3.65. The van der Waals surface area contributed by atoms with Crippen molar-refractivity contribution < 1.29 is 4.74 Å². The van der Waals surface area contributed by atoms with Crippen LogP contribution in [0.4, 0.5) is 0 Å². The highest BCUT2D eigenvalue weighted by molar-refractivity contribution is 5.75. The van der Waals surface area contributed by atoms with Crippen molar-refractivity contribution in [3.63, 3.8) is 0 Å². The minimum absolute atomic E-state index is 0.179. The van der Waals surface area contributed by atoms with E-state index in [9.17, 15) is 0 Å². The zero-order valence-corrected chi connectivity index (χ0v) is 9.78. The first-order valence-corrected chi connectivity index (χ1v) is 6.05. The van der Waals surface area contributed by atoms with Crippen LogP contribution in [0, 0.1) is 0 Å². The number of rotatable bonds is 4. The molecule has 90 valence electrons. The Hall–Kier alpha value is -1.39. The van der Waals surface area contributed by atoms with Crippen LogP contribution in [0.2, 0.25) is 0 Å². The topological polar surface area (TPSA) is 63.9 Å². The molecule has 1 aliphatic heterocycles. The molecule has 0 unspecified atom stereocenters. The predicted octanol–water partition coefficient (Wildman–Crippen LogP) is 1.57. The molecule has 2 aromatic rings. The van der Waals surface area contributed by atoms with Gasteiger partial charge in [-0.1, -0.05) is 6.07 Å². The van der Waals surface area contributed by atoms with Gasteiger partial charge in [-0.15, -0.1) is 0 Å². The zero-order chi connectivity index (χ0) is 11.7. The number of H-pyrrole nitrogens is 1. The standard InChI is InChI=1S/C13H17N3O/c14-5-1-4-13(7-17-8-13)10-2-3-11-12(6-10)16-9-15-11/h2-3,6,9H,1,4-5,7-8,14H2,(H,15,16). The Labute approximate surface area is 100 Å². The highest BCUT2D eigenvalue weighted by Gasteiger charge is 2.39. The summed E-state index contributed by atoms with van der Waals surface area (Å²) in [6.07, 6.45) is 3.88. The fourth-order valence-corrected chi connectivity index (χ4v) is 2.51. The summed E-state index contributed by atoms with van der Waals surface area (Å²) in [6, 6.07) is 6.44. The number of ether oxygens (including phenoxy) is 1. The number of benzene rings is 1. The second-order valence-corrected chi connectivity index (χ2v) is 4.80. The number of imidazole rings is 1. The third-order valence-electron chi connectivity index (χ3n) is 3.65. The number of fused-ring (bicyclic) bond motifs is 1. The molecule has 0 atom stereocenters. The summed E-state index contributed by atoms with van der Waals surface area (Å²) in [4.78, 5) is 7.40. The van der Waals surface area contributed by atoms with Crippen LogP contribution in [0.1, 0.15) is 18.4 Å². The van der Waals surface area contributed by atoms with E-state index in [1.54, 1.807) is 6.33 Å². The SMILES string of the molecule is NCCCC1(c2ccc3nc[nH]c3c2)COC1. The van der Waals surface area contributed by atoms with Crippen molar-refractivity contribution in [2.24, 2.45) is 5.73 Å². The Morgan fingerprint density at radius 1 is 1.41 bits per heavy atom. The van der Waals surface area contributed by atoms with Gasteiger partial charge in [-0.3, -0.25) is 0 Å². The van der Waals surface area contributed by atoms with Crippen LogP contribution in [-0.2, 0) is 10.2 Å². The van der Waals surface area contributed by atoms with E-state index in [0.717, 1.165) is 43.6 Å². The molecule has 2 heterocycles. The highest BCUT2D eigenvalue weighted by Crippen LogP contribution is 2.37. The van der Waals surface area contributed by atoms with Gasteiger partial charge in [0.2, 0.25) is 0 Å². The number of nitrogens with zero attached hydrogens (tertiary/aromatic N) is 1. The summed E-state index contributed by atoms with van der Waals surface area (Å²) in [7, 11) is 0. The van der Waals surface area contributed by atoms with Crippen molar-refractivity contribution >= 4 is 11.0 Å². The first kappa shape index (κ1) is 10.7. The van der Waals surface area contributed by atoms with Crippen LogP contribution in [-0.4, -0.2) is 29.7 Å². The molecule has 0 amide bonds. The first-order valence-electron chi connectivity index (χ1n) is 6.05. The highest BCUT2D eigenvalue weighted by atomic mass is 16.5. The third kappa shape index (κ3) is 1.73. The largest absolute Gasteiger partial charge is 0.379 e. The Kier molecular flexibility index (Phi) is 2.61. The first-order chi connectivity index (χ1) is 8.34. The van der Waals surface area contributed by atoms with E-state index in [1.807, 2.05) is 0 Å². The maximum atomic E-state index is 5.61. The van der Waals surface area contributed by atoms with Crippen LogP contribution < -0.4 is 5.73 Å².